The Morgan fingerprint density at radius 2 is 2.08 bits per heavy atom. The smallest absolute Gasteiger partial charge is 0.342 e. The van der Waals surface area contributed by atoms with E-state index in [0.29, 0.717) is 23.3 Å². The minimum Gasteiger partial charge on any atom is -0.461 e. The number of hydrogen-bond acceptors (Lipinski definition) is 10. The number of carbonyl (C=O) groups excluding carboxylic acids is 1. The largest absolute Gasteiger partial charge is 0.461 e. The second kappa shape index (κ2) is 11.5. The Morgan fingerprint density at radius 1 is 1.32 bits per heavy atom. The molecule has 0 spiro atoms. The van der Waals surface area contributed by atoms with Crippen molar-refractivity contribution in [3.63, 3.8) is 0 Å². The highest BCUT2D eigenvalue weighted by Crippen LogP contribution is 2.46. The molecule has 1 aromatic carbocycles. The minimum atomic E-state index is -3.84. The van der Waals surface area contributed by atoms with Gasteiger partial charge in [-0.15, -0.1) is 0 Å². The van der Waals surface area contributed by atoms with E-state index in [1.807, 2.05) is 6.07 Å². The van der Waals surface area contributed by atoms with Crippen LogP contribution in [0.25, 0.3) is 11.2 Å². The average molecular weight is 542 g/mol. The number of aromatic nitrogens is 4. The molecular weight excluding hydrogens is 509 g/mol. The number of benzene rings is 1. The third-order valence-electron chi connectivity index (χ3n) is 6.16. The highest BCUT2D eigenvalue weighted by molar-refractivity contribution is 7.57. The van der Waals surface area contributed by atoms with Gasteiger partial charge in [0.05, 0.1) is 30.6 Å². The van der Waals surface area contributed by atoms with E-state index in [9.17, 15) is 14.6 Å². The van der Waals surface area contributed by atoms with Gasteiger partial charge >= 0.3 is 13.5 Å². The van der Waals surface area contributed by atoms with Crippen molar-refractivity contribution in [1.82, 2.24) is 24.6 Å². The van der Waals surface area contributed by atoms with E-state index in [0.717, 1.165) is 25.7 Å². The SMILES string of the molecule is CC(Cn1cnc2c(N)ncnc21)OCP(=O)(NC(C)(C)C(=O)OC1CCCC1)Oc1cccc(C#N)c1. The molecule has 3 aromatic rings. The van der Waals surface area contributed by atoms with Gasteiger partial charge in [-0.1, -0.05) is 6.07 Å². The summed E-state index contributed by atoms with van der Waals surface area (Å²) < 4.78 is 33.4. The van der Waals surface area contributed by atoms with Crippen LogP contribution in [0.2, 0.25) is 0 Å². The van der Waals surface area contributed by atoms with Crippen molar-refractivity contribution < 1.29 is 23.4 Å². The molecule has 2 heterocycles. The van der Waals surface area contributed by atoms with Crippen LogP contribution < -0.4 is 15.3 Å². The summed E-state index contributed by atoms with van der Waals surface area (Å²) in [6.07, 6.45) is 5.66. The molecule has 0 aliphatic heterocycles. The van der Waals surface area contributed by atoms with E-state index >= 15 is 0 Å². The summed E-state index contributed by atoms with van der Waals surface area (Å²) in [6.45, 7) is 5.33. The van der Waals surface area contributed by atoms with Gasteiger partial charge in [0.15, 0.2) is 11.5 Å². The molecule has 2 aromatic heterocycles. The number of nitrogens with one attached hydrogen (secondary N) is 1. The number of rotatable bonds is 11. The number of imidazole rings is 1. The predicted octanol–water partition coefficient (Wildman–Crippen LogP) is 3.77. The van der Waals surface area contributed by atoms with Crippen LogP contribution in [0.3, 0.4) is 0 Å². The molecule has 202 valence electrons. The van der Waals surface area contributed by atoms with Gasteiger partial charge < -0.3 is 24.3 Å². The van der Waals surface area contributed by atoms with Gasteiger partial charge in [-0.25, -0.2) is 20.0 Å². The zero-order valence-corrected chi connectivity index (χ0v) is 22.6. The molecule has 12 nitrogen and oxygen atoms in total. The Morgan fingerprint density at radius 3 is 2.82 bits per heavy atom. The van der Waals surface area contributed by atoms with E-state index in [1.54, 1.807) is 49.9 Å². The number of fused-ring (bicyclic) bond motifs is 1. The molecule has 2 unspecified atom stereocenters. The molecule has 1 aliphatic rings. The number of ether oxygens (including phenoxy) is 2. The highest BCUT2D eigenvalue weighted by Gasteiger charge is 2.40. The summed E-state index contributed by atoms with van der Waals surface area (Å²) in [5.41, 5.74) is 5.92. The van der Waals surface area contributed by atoms with Crippen LogP contribution in [0.1, 0.15) is 52.0 Å². The van der Waals surface area contributed by atoms with Gasteiger partial charge in [0, 0.05) is 0 Å². The van der Waals surface area contributed by atoms with Crippen molar-refractivity contribution in [2.75, 3.05) is 12.1 Å². The van der Waals surface area contributed by atoms with Crippen molar-refractivity contribution in [1.29, 1.82) is 5.26 Å². The van der Waals surface area contributed by atoms with Crippen LogP contribution in [0.15, 0.2) is 36.9 Å². The first-order valence-corrected chi connectivity index (χ1v) is 14.2. The van der Waals surface area contributed by atoms with Crippen LogP contribution in [0.5, 0.6) is 5.75 Å². The van der Waals surface area contributed by atoms with Crippen molar-refractivity contribution in [2.45, 2.75) is 70.7 Å². The van der Waals surface area contributed by atoms with E-state index < -0.39 is 25.1 Å². The summed E-state index contributed by atoms with van der Waals surface area (Å²) in [7, 11) is -3.84. The minimum absolute atomic E-state index is 0.143. The van der Waals surface area contributed by atoms with E-state index in [2.05, 4.69) is 20.0 Å². The second-order valence-electron chi connectivity index (χ2n) is 9.89. The highest BCUT2D eigenvalue weighted by atomic mass is 31.2. The Labute approximate surface area is 221 Å². The Hall–Kier alpha value is -3.52. The summed E-state index contributed by atoms with van der Waals surface area (Å²) >= 11 is 0. The Bertz CT molecular complexity index is 1380. The molecule has 4 rings (SSSR count). The molecule has 0 bridgehead atoms. The monoisotopic (exact) mass is 541 g/mol. The first kappa shape index (κ1) is 27.5. The maximum absolute atomic E-state index is 14.1. The van der Waals surface area contributed by atoms with Gasteiger partial charge in [0.2, 0.25) is 0 Å². The third-order valence-corrected chi connectivity index (χ3v) is 8.06. The zero-order valence-electron chi connectivity index (χ0n) is 21.7. The number of nitrogens with zero attached hydrogens (tertiary/aromatic N) is 5. The standard InChI is InChI=1S/C25H32N7O5P/c1-17(13-32-15-30-21-22(27)28-14-29-23(21)32)35-16-38(34,37-20-10-6-7-18(11-20)12-26)31-25(2,3)24(33)36-19-8-4-5-9-19/h6-7,10-11,14-15,17,19H,4-5,8-9,13,16H2,1-3H3,(H,31,34)(H2,27,28,29). The average Bonchev–Trinajstić information content (AvgIpc) is 3.53. The second-order valence-corrected chi connectivity index (χ2v) is 11.9. The first-order chi connectivity index (χ1) is 18.1. The molecule has 13 heteroatoms. The molecule has 3 N–H and O–H groups in total. The fraction of sp³-hybridized carbons (Fsp3) is 0.480. The van der Waals surface area contributed by atoms with Crippen LogP contribution >= 0.6 is 7.52 Å². The summed E-state index contributed by atoms with van der Waals surface area (Å²) in [6, 6.07) is 8.33. The topological polar surface area (TPSA) is 167 Å². The maximum Gasteiger partial charge on any atom is 0.342 e. The van der Waals surface area contributed by atoms with Crippen molar-refractivity contribution in [2.24, 2.45) is 0 Å². The molecule has 0 saturated heterocycles. The molecule has 38 heavy (non-hydrogen) atoms. The lowest BCUT2D eigenvalue weighted by Crippen LogP contribution is -2.48. The molecular formula is C25H32N7O5P. The number of anilines is 1. The summed E-state index contributed by atoms with van der Waals surface area (Å²) in [5.74, 6) is -0.0335. The van der Waals surface area contributed by atoms with Crippen molar-refractivity contribution in [3.8, 4) is 11.8 Å². The quantitative estimate of drug-likeness (QED) is 0.268. The molecule has 1 fully saturated rings. The predicted molar refractivity (Wildman–Crippen MR) is 140 cm³/mol. The van der Waals surface area contributed by atoms with E-state index in [-0.39, 0.29) is 24.0 Å². The first-order valence-electron chi connectivity index (χ1n) is 12.4. The fourth-order valence-corrected chi connectivity index (χ4v) is 6.25. The Balaban J connectivity index is 1.49. The summed E-state index contributed by atoms with van der Waals surface area (Å²) in [5, 5.41) is 12.1. The van der Waals surface area contributed by atoms with Gasteiger partial charge in [0.1, 0.15) is 35.6 Å². The number of hydrogen-bond donors (Lipinski definition) is 2. The maximum atomic E-state index is 14.1. The van der Waals surface area contributed by atoms with E-state index in [4.69, 9.17) is 19.7 Å². The number of carbonyl (C=O) groups is 1. The van der Waals surface area contributed by atoms with Gasteiger partial charge in [-0.2, -0.15) is 5.26 Å². The van der Waals surface area contributed by atoms with Gasteiger partial charge in [0.25, 0.3) is 0 Å². The zero-order chi connectivity index (χ0) is 27.3. The molecule has 0 radical (unpaired) electrons. The molecule has 1 saturated carbocycles. The third kappa shape index (κ3) is 6.67. The van der Waals surface area contributed by atoms with Crippen LogP contribution in [-0.4, -0.2) is 49.6 Å². The lowest BCUT2D eigenvalue weighted by atomic mass is 10.1. The number of nitrogens with two attached hydrogens (primary N) is 1. The Kier molecular flexibility index (Phi) is 8.31. The van der Waals surface area contributed by atoms with Gasteiger partial charge in [-0.05, 0) is 64.7 Å². The van der Waals surface area contributed by atoms with Crippen LogP contribution in [0.4, 0.5) is 5.82 Å². The number of nitriles is 1. The number of nitrogen functional groups attached to an aromatic ring is 1. The lowest BCUT2D eigenvalue weighted by Gasteiger charge is -2.31. The fourth-order valence-electron chi connectivity index (χ4n) is 4.24. The van der Waals surface area contributed by atoms with Crippen molar-refractivity contribution in [3.05, 3.63) is 42.5 Å². The van der Waals surface area contributed by atoms with Gasteiger partial charge in [-0.3, -0.25) is 9.36 Å². The molecule has 2 atom stereocenters. The van der Waals surface area contributed by atoms with Crippen LogP contribution in [0, 0.1) is 11.3 Å². The van der Waals surface area contributed by atoms with E-state index in [1.165, 1.54) is 12.4 Å². The summed E-state index contributed by atoms with van der Waals surface area (Å²) in [4.78, 5) is 25.4. The normalized spacial score (nSPS) is 16.6. The number of esters is 1. The molecule has 1 aliphatic carbocycles. The molecule has 0 amide bonds. The lowest BCUT2D eigenvalue weighted by molar-refractivity contribution is -0.154. The van der Waals surface area contributed by atoms with Crippen LogP contribution in [-0.2, 0) is 25.4 Å². The van der Waals surface area contributed by atoms with Crippen molar-refractivity contribution >= 4 is 30.5 Å².